The highest BCUT2D eigenvalue weighted by Crippen LogP contribution is 2.40. The fourth-order valence-corrected chi connectivity index (χ4v) is 3.39. The van der Waals surface area contributed by atoms with Crippen LogP contribution >= 0.6 is 11.8 Å². The van der Waals surface area contributed by atoms with E-state index in [0.717, 1.165) is 17.0 Å². The molecule has 0 atom stereocenters. The summed E-state index contributed by atoms with van der Waals surface area (Å²) in [7, 11) is 4.58. The summed E-state index contributed by atoms with van der Waals surface area (Å²) in [5.41, 5.74) is 2.93. The summed E-state index contributed by atoms with van der Waals surface area (Å²) in [4.78, 5) is 21.6. The van der Waals surface area contributed by atoms with E-state index in [1.807, 2.05) is 20.1 Å². The summed E-state index contributed by atoms with van der Waals surface area (Å²) in [6.45, 7) is 3.77. The summed E-state index contributed by atoms with van der Waals surface area (Å²) in [5, 5.41) is 7.93. The van der Waals surface area contributed by atoms with Crippen molar-refractivity contribution in [2.24, 2.45) is 0 Å². The average molecular weight is 417 g/mol. The number of ether oxygens (including phenoxy) is 3. The Labute approximate surface area is 172 Å². The molecule has 0 fully saturated rings. The van der Waals surface area contributed by atoms with E-state index < -0.39 is 0 Å². The predicted octanol–water partition coefficient (Wildman–Crippen LogP) is 2.67. The molecule has 2 aromatic heterocycles. The zero-order chi connectivity index (χ0) is 21.1. The number of hydrogen-bond donors (Lipinski definition) is 1. The molecule has 9 nitrogen and oxygen atoms in total. The van der Waals surface area contributed by atoms with Crippen LogP contribution in [0.15, 0.2) is 17.3 Å². The maximum Gasteiger partial charge on any atom is 0.253 e. The van der Waals surface area contributed by atoms with Crippen molar-refractivity contribution in [3.05, 3.63) is 29.1 Å². The van der Waals surface area contributed by atoms with Crippen LogP contribution in [0.25, 0.3) is 5.78 Å². The largest absolute Gasteiger partial charge is 0.493 e. The minimum absolute atomic E-state index is 0.145. The van der Waals surface area contributed by atoms with E-state index in [2.05, 4.69) is 20.4 Å². The van der Waals surface area contributed by atoms with Gasteiger partial charge in [0.05, 0.1) is 27.8 Å². The van der Waals surface area contributed by atoms with Gasteiger partial charge in [-0.3, -0.25) is 4.79 Å². The van der Waals surface area contributed by atoms with Gasteiger partial charge >= 0.3 is 0 Å². The summed E-state index contributed by atoms with van der Waals surface area (Å²) < 4.78 is 17.6. The second-order valence-corrected chi connectivity index (χ2v) is 6.98. The number of carbonyl (C=O) groups is 1. The van der Waals surface area contributed by atoms with Gasteiger partial charge in [-0.05, 0) is 20.1 Å². The van der Waals surface area contributed by atoms with Gasteiger partial charge in [-0.2, -0.15) is 4.98 Å². The standard InChI is InChI=1S/C19H23N5O4S/c1-10-13(11(2)24-18(20-10)22-19(23-24)29-6)9-16(25)21-12-7-14(26-3)17(28-5)15(8-12)27-4/h7-8H,9H2,1-6H3,(H,21,25). The number of benzene rings is 1. The highest BCUT2D eigenvalue weighted by atomic mass is 32.2. The quantitative estimate of drug-likeness (QED) is 0.586. The van der Waals surface area contributed by atoms with E-state index in [1.54, 1.807) is 16.6 Å². The lowest BCUT2D eigenvalue weighted by molar-refractivity contribution is -0.115. The van der Waals surface area contributed by atoms with E-state index in [4.69, 9.17) is 14.2 Å². The van der Waals surface area contributed by atoms with Crippen LogP contribution in [0, 0.1) is 13.8 Å². The number of amides is 1. The van der Waals surface area contributed by atoms with Gasteiger partial charge in [0.25, 0.3) is 5.78 Å². The first kappa shape index (κ1) is 20.7. The van der Waals surface area contributed by atoms with Crippen LogP contribution in [0.3, 0.4) is 0 Å². The number of rotatable bonds is 7. The van der Waals surface area contributed by atoms with Crippen molar-refractivity contribution in [2.45, 2.75) is 25.4 Å². The fraction of sp³-hybridized carbons (Fsp3) is 0.368. The van der Waals surface area contributed by atoms with E-state index in [0.29, 0.717) is 33.9 Å². The number of methoxy groups -OCH3 is 3. The number of thioether (sulfide) groups is 1. The van der Waals surface area contributed by atoms with Crippen molar-refractivity contribution in [2.75, 3.05) is 32.9 Å². The van der Waals surface area contributed by atoms with Crippen LogP contribution in [0.5, 0.6) is 17.2 Å². The zero-order valence-electron chi connectivity index (χ0n) is 17.2. The van der Waals surface area contributed by atoms with Crippen LogP contribution in [0.1, 0.15) is 17.0 Å². The number of nitrogens with one attached hydrogen (secondary N) is 1. The molecule has 1 aromatic carbocycles. The molecule has 0 saturated heterocycles. The minimum Gasteiger partial charge on any atom is -0.493 e. The molecule has 154 valence electrons. The van der Waals surface area contributed by atoms with E-state index >= 15 is 0 Å². The SMILES string of the molecule is COc1cc(NC(=O)Cc2c(C)nc3nc(SC)nn3c2C)cc(OC)c1OC. The molecule has 3 aromatic rings. The van der Waals surface area contributed by atoms with Crippen LogP contribution in [0.4, 0.5) is 5.69 Å². The van der Waals surface area contributed by atoms with Crippen LogP contribution in [-0.4, -0.2) is 53.1 Å². The Hall–Kier alpha value is -3.01. The third kappa shape index (κ3) is 4.07. The minimum atomic E-state index is -0.197. The number of aromatic nitrogens is 4. The first-order valence-electron chi connectivity index (χ1n) is 8.78. The maximum atomic E-state index is 12.7. The van der Waals surface area contributed by atoms with Gasteiger partial charge in [-0.25, -0.2) is 9.50 Å². The van der Waals surface area contributed by atoms with Crippen LogP contribution in [-0.2, 0) is 11.2 Å². The monoisotopic (exact) mass is 417 g/mol. The molecule has 0 bridgehead atoms. The number of nitrogens with zero attached hydrogens (tertiary/aromatic N) is 4. The lowest BCUT2D eigenvalue weighted by Gasteiger charge is -2.15. The smallest absolute Gasteiger partial charge is 0.253 e. The number of carbonyl (C=O) groups excluding carboxylic acids is 1. The molecule has 1 N–H and O–H groups in total. The number of hydrogen-bond acceptors (Lipinski definition) is 8. The molecule has 0 aliphatic rings. The normalized spacial score (nSPS) is 10.8. The molecular formula is C19H23N5O4S. The van der Waals surface area contributed by atoms with Crippen molar-refractivity contribution >= 4 is 29.1 Å². The Kier molecular flexibility index (Phi) is 6.12. The molecule has 0 aliphatic heterocycles. The molecule has 10 heteroatoms. The molecular weight excluding hydrogens is 394 g/mol. The number of anilines is 1. The van der Waals surface area contributed by atoms with Crippen molar-refractivity contribution in [1.29, 1.82) is 0 Å². The van der Waals surface area contributed by atoms with Gasteiger partial charge in [0.15, 0.2) is 11.5 Å². The molecule has 2 heterocycles. The molecule has 3 rings (SSSR count). The third-order valence-corrected chi connectivity index (χ3v) is 5.04. The zero-order valence-corrected chi connectivity index (χ0v) is 18.0. The van der Waals surface area contributed by atoms with E-state index in [9.17, 15) is 4.79 Å². The Morgan fingerprint density at radius 2 is 1.76 bits per heavy atom. The van der Waals surface area contributed by atoms with Crippen LogP contribution in [0.2, 0.25) is 0 Å². The van der Waals surface area contributed by atoms with Crippen molar-refractivity contribution in [3.8, 4) is 17.2 Å². The lowest BCUT2D eigenvalue weighted by atomic mass is 10.1. The molecule has 1 amide bonds. The van der Waals surface area contributed by atoms with Gasteiger partial charge in [0.2, 0.25) is 16.8 Å². The van der Waals surface area contributed by atoms with Crippen molar-refractivity contribution in [1.82, 2.24) is 19.6 Å². The average Bonchev–Trinajstić information content (AvgIpc) is 3.13. The highest BCUT2D eigenvalue weighted by molar-refractivity contribution is 7.98. The molecule has 0 unspecified atom stereocenters. The Balaban J connectivity index is 1.88. The lowest BCUT2D eigenvalue weighted by Crippen LogP contribution is -2.18. The number of fused-ring (bicyclic) bond motifs is 1. The van der Waals surface area contributed by atoms with E-state index in [-0.39, 0.29) is 12.3 Å². The van der Waals surface area contributed by atoms with E-state index in [1.165, 1.54) is 33.1 Å². The summed E-state index contributed by atoms with van der Waals surface area (Å²) in [6.07, 6.45) is 2.05. The summed E-state index contributed by atoms with van der Waals surface area (Å²) in [6, 6.07) is 3.37. The topological polar surface area (TPSA) is 99.9 Å². The first-order chi connectivity index (χ1) is 13.9. The second kappa shape index (κ2) is 8.56. The van der Waals surface area contributed by atoms with Gasteiger partial charge in [0.1, 0.15) is 0 Å². The van der Waals surface area contributed by atoms with Gasteiger partial charge in [-0.1, -0.05) is 11.8 Å². The van der Waals surface area contributed by atoms with Gasteiger partial charge in [-0.15, -0.1) is 5.10 Å². The molecule has 0 saturated carbocycles. The third-order valence-electron chi connectivity index (χ3n) is 4.50. The molecule has 0 radical (unpaired) electrons. The highest BCUT2D eigenvalue weighted by Gasteiger charge is 2.18. The molecule has 0 spiro atoms. The van der Waals surface area contributed by atoms with Crippen LogP contribution < -0.4 is 19.5 Å². The molecule has 29 heavy (non-hydrogen) atoms. The predicted molar refractivity (Wildman–Crippen MR) is 110 cm³/mol. The number of aryl methyl sites for hydroxylation is 2. The van der Waals surface area contributed by atoms with Crippen molar-refractivity contribution < 1.29 is 19.0 Å². The summed E-state index contributed by atoms with van der Waals surface area (Å²) >= 11 is 1.44. The maximum absolute atomic E-state index is 12.7. The van der Waals surface area contributed by atoms with Crippen molar-refractivity contribution in [3.63, 3.8) is 0 Å². The van der Waals surface area contributed by atoms with Gasteiger partial charge in [0, 0.05) is 34.8 Å². The van der Waals surface area contributed by atoms with Gasteiger partial charge < -0.3 is 19.5 Å². The second-order valence-electron chi connectivity index (χ2n) is 6.21. The Morgan fingerprint density at radius 1 is 1.10 bits per heavy atom. The first-order valence-corrected chi connectivity index (χ1v) is 10.0. The Bertz CT molecular complexity index is 1040. The fourth-order valence-electron chi connectivity index (χ4n) is 3.05. The Morgan fingerprint density at radius 3 is 2.31 bits per heavy atom. The summed E-state index contributed by atoms with van der Waals surface area (Å²) in [5.74, 6) is 1.72. The molecule has 0 aliphatic carbocycles.